The van der Waals surface area contributed by atoms with Crippen LogP contribution in [0.15, 0.2) is 48.0 Å². The minimum Gasteiger partial charge on any atom is -0.361 e. The molecular formula is C21H18N2O. The Morgan fingerprint density at radius 2 is 1.79 bits per heavy atom. The van der Waals surface area contributed by atoms with Crippen molar-refractivity contribution in [3.63, 3.8) is 0 Å². The maximum Gasteiger partial charge on any atom is 0.179 e. The van der Waals surface area contributed by atoms with Crippen molar-refractivity contribution in [3.8, 4) is 6.07 Å². The van der Waals surface area contributed by atoms with E-state index in [-0.39, 0.29) is 5.78 Å². The van der Waals surface area contributed by atoms with Gasteiger partial charge in [-0.25, -0.2) is 0 Å². The van der Waals surface area contributed by atoms with E-state index in [0.717, 1.165) is 36.3 Å². The number of benzene rings is 2. The zero-order valence-electron chi connectivity index (χ0n) is 13.7. The Labute approximate surface area is 141 Å². The summed E-state index contributed by atoms with van der Waals surface area (Å²) in [5, 5.41) is 9.61. The van der Waals surface area contributed by atoms with Gasteiger partial charge in [-0.2, -0.15) is 5.26 Å². The molecule has 2 aromatic rings. The molecule has 0 saturated heterocycles. The molecule has 1 aliphatic heterocycles. The summed E-state index contributed by atoms with van der Waals surface area (Å²) in [5.74, 6) is -0.0693. The van der Waals surface area contributed by atoms with Crippen molar-refractivity contribution in [3.05, 3.63) is 75.9 Å². The predicted molar refractivity (Wildman–Crippen MR) is 92.8 cm³/mol. The van der Waals surface area contributed by atoms with Crippen molar-refractivity contribution in [1.29, 1.82) is 5.26 Å². The van der Waals surface area contributed by atoms with Crippen molar-refractivity contribution >= 4 is 11.5 Å². The Balaban J connectivity index is 1.86. The fourth-order valence-electron chi connectivity index (χ4n) is 3.68. The first-order chi connectivity index (χ1) is 11.7. The molecule has 4 rings (SSSR count). The van der Waals surface area contributed by atoms with Gasteiger partial charge in [-0.3, -0.25) is 4.79 Å². The first kappa shape index (κ1) is 14.7. The first-order valence-corrected chi connectivity index (χ1v) is 8.32. The number of hydrogen-bond acceptors (Lipinski definition) is 3. The monoisotopic (exact) mass is 314 g/mol. The van der Waals surface area contributed by atoms with Gasteiger partial charge in [-0.05, 0) is 34.7 Å². The summed E-state index contributed by atoms with van der Waals surface area (Å²) in [6.07, 6.45) is 1.27. The standard InChI is InChI=1S/C21H18N2O/c1-2-14-7-8-15-10-20(24)19(11-22)21(18(15)9-14)23-12-16-5-3-4-6-17(16)13-23/h3-9H,2,10,12-13H2,1H3. The molecule has 3 heteroatoms. The molecule has 118 valence electrons. The summed E-state index contributed by atoms with van der Waals surface area (Å²) in [6, 6.07) is 16.8. The van der Waals surface area contributed by atoms with Crippen LogP contribution in [0.3, 0.4) is 0 Å². The second-order valence-electron chi connectivity index (χ2n) is 6.41. The van der Waals surface area contributed by atoms with Gasteiger partial charge < -0.3 is 4.90 Å². The van der Waals surface area contributed by atoms with E-state index in [2.05, 4.69) is 42.2 Å². The van der Waals surface area contributed by atoms with E-state index in [1.165, 1.54) is 16.7 Å². The quantitative estimate of drug-likeness (QED) is 0.850. The number of aryl methyl sites for hydroxylation is 1. The lowest BCUT2D eigenvalue weighted by atomic mass is 9.86. The summed E-state index contributed by atoms with van der Waals surface area (Å²) in [6.45, 7) is 3.62. The molecular weight excluding hydrogens is 296 g/mol. The molecule has 0 bridgehead atoms. The van der Waals surface area contributed by atoms with E-state index in [4.69, 9.17) is 0 Å². The number of carbonyl (C=O) groups is 1. The lowest BCUT2D eigenvalue weighted by Gasteiger charge is -2.28. The zero-order chi connectivity index (χ0) is 16.7. The maximum atomic E-state index is 12.5. The topological polar surface area (TPSA) is 44.1 Å². The van der Waals surface area contributed by atoms with Crippen LogP contribution in [0.2, 0.25) is 0 Å². The fraction of sp³-hybridized carbons (Fsp3) is 0.238. The summed E-state index contributed by atoms with van der Waals surface area (Å²) in [5.41, 5.74) is 6.98. The highest BCUT2D eigenvalue weighted by atomic mass is 16.1. The largest absolute Gasteiger partial charge is 0.361 e. The van der Waals surface area contributed by atoms with Crippen molar-refractivity contribution in [1.82, 2.24) is 4.90 Å². The van der Waals surface area contributed by atoms with Crippen molar-refractivity contribution in [2.75, 3.05) is 0 Å². The second kappa shape index (κ2) is 5.65. The second-order valence-corrected chi connectivity index (χ2v) is 6.41. The number of nitrogens with zero attached hydrogens (tertiary/aromatic N) is 2. The number of Topliss-reactive ketones (excluding diaryl/α,β-unsaturated/α-hetero) is 1. The van der Waals surface area contributed by atoms with Crippen molar-refractivity contribution < 1.29 is 4.79 Å². The number of fused-ring (bicyclic) bond motifs is 2. The van der Waals surface area contributed by atoms with Crippen LogP contribution in [-0.2, 0) is 30.7 Å². The van der Waals surface area contributed by atoms with Crippen LogP contribution in [0.5, 0.6) is 0 Å². The van der Waals surface area contributed by atoms with E-state index in [9.17, 15) is 10.1 Å². The Morgan fingerprint density at radius 1 is 1.08 bits per heavy atom. The number of nitriles is 1. The Hall–Kier alpha value is -2.86. The average molecular weight is 314 g/mol. The van der Waals surface area contributed by atoms with Crippen LogP contribution in [0.4, 0.5) is 0 Å². The molecule has 0 radical (unpaired) electrons. The third-order valence-corrected chi connectivity index (χ3v) is 4.97. The number of ketones is 1. The molecule has 1 heterocycles. The normalized spacial score (nSPS) is 16.0. The molecule has 0 unspecified atom stereocenters. The van der Waals surface area contributed by atoms with Crippen molar-refractivity contribution in [2.24, 2.45) is 0 Å². The molecule has 0 N–H and O–H groups in total. The van der Waals surface area contributed by atoms with Gasteiger partial charge in [0, 0.05) is 25.1 Å². The highest BCUT2D eigenvalue weighted by Crippen LogP contribution is 2.37. The van der Waals surface area contributed by atoms with Crippen LogP contribution >= 0.6 is 0 Å². The summed E-state index contributed by atoms with van der Waals surface area (Å²) < 4.78 is 0. The van der Waals surface area contributed by atoms with Crippen LogP contribution in [0.25, 0.3) is 5.70 Å². The maximum absolute atomic E-state index is 12.5. The summed E-state index contributed by atoms with van der Waals surface area (Å²) in [7, 11) is 0. The molecule has 24 heavy (non-hydrogen) atoms. The van der Waals surface area contributed by atoms with Crippen LogP contribution in [0, 0.1) is 11.3 Å². The lowest BCUT2D eigenvalue weighted by molar-refractivity contribution is -0.114. The molecule has 0 atom stereocenters. The van der Waals surface area contributed by atoms with Crippen LogP contribution in [-0.4, -0.2) is 10.7 Å². The van der Waals surface area contributed by atoms with Gasteiger partial charge in [0.2, 0.25) is 0 Å². The molecule has 2 aromatic carbocycles. The lowest BCUT2D eigenvalue weighted by Crippen LogP contribution is -2.25. The number of carbonyl (C=O) groups excluding carboxylic acids is 1. The third kappa shape index (κ3) is 2.23. The van der Waals surface area contributed by atoms with Gasteiger partial charge in [0.05, 0.1) is 5.70 Å². The van der Waals surface area contributed by atoms with E-state index < -0.39 is 0 Å². The molecule has 0 spiro atoms. The van der Waals surface area contributed by atoms with E-state index in [1.807, 2.05) is 18.2 Å². The predicted octanol–water partition coefficient (Wildman–Crippen LogP) is 3.62. The van der Waals surface area contributed by atoms with E-state index in [0.29, 0.717) is 12.0 Å². The molecule has 0 aromatic heterocycles. The minimum absolute atomic E-state index is 0.0693. The minimum atomic E-state index is -0.0693. The Morgan fingerprint density at radius 3 is 2.42 bits per heavy atom. The third-order valence-electron chi connectivity index (χ3n) is 4.97. The van der Waals surface area contributed by atoms with Gasteiger partial charge in [0.25, 0.3) is 0 Å². The van der Waals surface area contributed by atoms with Gasteiger partial charge in [0.15, 0.2) is 5.78 Å². The van der Waals surface area contributed by atoms with Crippen LogP contribution in [0.1, 0.15) is 34.7 Å². The molecule has 0 saturated carbocycles. The molecule has 0 fully saturated rings. The van der Waals surface area contributed by atoms with Gasteiger partial charge in [-0.15, -0.1) is 0 Å². The number of allylic oxidation sites excluding steroid dienone is 1. The average Bonchev–Trinajstić information content (AvgIpc) is 3.03. The van der Waals surface area contributed by atoms with E-state index in [1.54, 1.807) is 0 Å². The molecule has 0 amide bonds. The number of hydrogen-bond donors (Lipinski definition) is 0. The van der Waals surface area contributed by atoms with Gasteiger partial charge in [-0.1, -0.05) is 43.3 Å². The number of rotatable bonds is 2. The smallest absolute Gasteiger partial charge is 0.179 e. The highest BCUT2D eigenvalue weighted by Gasteiger charge is 2.31. The molecule has 1 aliphatic carbocycles. The summed E-state index contributed by atoms with van der Waals surface area (Å²) in [4.78, 5) is 14.7. The zero-order valence-corrected chi connectivity index (χ0v) is 13.7. The fourth-order valence-corrected chi connectivity index (χ4v) is 3.68. The Bertz CT molecular complexity index is 893. The van der Waals surface area contributed by atoms with E-state index >= 15 is 0 Å². The highest BCUT2D eigenvalue weighted by molar-refractivity contribution is 6.10. The van der Waals surface area contributed by atoms with Crippen molar-refractivity contribution in [2.45, 2.75) is 32.9 Å². The summed E-state index contributed by atoms with van der Waals surface area (Å²) >= 11 is 0. The van der Waals surface area contributed by atoms with Gasteiger partial charge >= 0.3 is 0 Å². The SMILES string of the molecule is CCc1ccc2c(c1)C(N1Cc3ccccc3C1)=C(C#N)C(=O)C2. The molecule has 3 nitrogen and oxygen atoms in total. The first-order valence-electron chi connectivity index (χ1n) is 8.32. The van der Waals surface area contributed by atoms with Crippen LogP contribution < -0.4 is 0 Å². The van der Waals surface area contributed by atoms with Gasteiger partial charge in [0.1, 0.15) is 11.6 Å². The molecule has 2 aliphatic rings. The Kier molecular flexibility index (Phi) is 3.46.